The molecule has 15 heavy (non-hydrogen) atoms. The maximum atomic E-state index is 11.4. The van der Waals surface area contributed by atoms with E-state index >= 15 is 0 Å². The minimum absolute atomic E-state index is 0.168. The highest BCUT2D eigenvalue weighted by molar-refractivity contribution is 5.94. The lowest BCUT2D eigenvalue weighted by Gasteiger charge is -2.08. The lowest BCUT2D eigenvalue weighted by Crippen LogP contribution is -2.00. The fourth-order valence-corrected chi connectivity index (χ4v) is 2.07. The summed E-state index contributed by atoms with van der Waals surface area (Å²) in [5.41, 5.74) is 4.24. The minimum atomic E-state index is -0.168. The van der Waals surface area contributed by atoms with E-state index in [4.69, 9.17) is 4.74 Å². The zero-order valence-electron chi connectivity index (χ0n) is 9.46. The first-order valence-electron chi connectivity index (χ1n) is 5.37. The standard InChI is InChI=1S/C13H16O2/c1-8(2)4-10-5-9(3)12-7-15-13(14)11(12)6-10/h5-6,8H,4,7H2,1-3H3. The van der Waals surface area contributed by atoms with Crippen LogP contribution in [0.15, 0.2) is 12.1 Å². The molecule has 0 spiro atoms. The van der Waals surface area contributed by atoms with Crippen LogP contribution < -0.4 is 0 Å². The molecule has 1 aromatic carbocycles. The Balaban J connectivity index is 2.41. The number of ether oxygens (including phenoxy) is 1. The predicted octanol–water partition coefficient (Wildman–Crippen LogP) is 2.86. The highest BCUT2D eigenvalue weighted by Gasteiger charge is 2.23. The molecule has 2 rings (SSSR count). The van der Waals surface area contributed by atoms with Crippen LogP contribution in [-0.4, -0.2) is 5.97 Å². The summed E-state index contributed by atoms with van der Waals surface area (Å²) in [6.07, 6.45) is 1.02. The van der Waals surface area contributed by atoms with Gasteiger partial charge >= 0.3 is 5.97 Å². The van der Waals surface area contributed by atoms with Crippen molar-refractivity contribution in [3.63, 3.8) is 0 Å². The van der Waals surface area contributed by atoms with Gasteiger partial charge in [0.15, 0.2) is 0 Å². The number of hydrogen-bond donors (Lipinski definition) is 0. The van der Waals surface area contributed by atoms with Gasteiger partial charge in [0, 0.05) is 5.56 Å². The Hall–Kier alpha value is -1.31. The summed E-state index contributed by atoms with van der Waals surface area (Å²) in [5, 5.41) is 0. The molecule has 0 amide bonds. The number of carbonyl (C=O) groups is 1. The topological polar surface area (TPSA) is 26.3 Å². The second kappa shape index (κ2) is 3.69. The van der Waals surface area contributed by atoms with Crippen LogP contribution in [0.2, 0.25) is 0 Å². The molecule has 80 valence electrons. The Kier molecular flexibility index (Phi) is 2.51. The maximum Gasteiger partial charge on any atom is 0.338 e. The smallest absolute Gasteiger partial charge is 0.338 e. The van der Waals surface area contributed by atoms with Gasteiger partial charge in [0.25, 0.3) is 0 Å². The van der Waals surface area contributed by atoms with Gasteiger partial charge in [-0.05, 0) is 36.5 Å². The molecule has 0 aromatic heterocycles. The number of fused-ring (bicyclic) bond motifs is 1. The van der Waals surface area contributed by atoms with Crippen molar-refractivity contribution in [1.29, 1.82) is 0 Å². The molecule has 1 heterocycles. The van der Waals surface area contributed by atoms with Crippen LogP contribution in [0.4, 0.5) is 0 Å². The summed E-state index contributed by atoms with van der Waals surface area (Å²) < 4.78 is 5.03. The monoisotopic (exact) mass is 204 g/mol. The molecule has 0 unspecified atom stereocenters. The summed E-state index contributed by atoms with van der Waals surface area (Å²) in [5.74, 6) is 0.443. The van der Waals surface area contributed by atoms with Crippen molar-refractivity contribution < 1.29 is 9.53 Å². The van der Waals surface area contributed by atoms with Gasteiger partial charge in [-0.3, -0.25) is 0 Å². The molecule has 1 aliphatic heterocycles. The van der Waals surface area contributed by atoms with Crippen molar-refractivity contribution >= 4 is 5.97 Å². The first kappa shape index (κ1) is 10.2. The van der Waals surface area contributed by atoms with Gasteiger partial charge in [-0.2, -0.15) is 0 Å². The number of esters is 1. The molecule has 1 aromatic rings. The van der Waals surface area contributed by atoms with Crippen molar-refractivity contribution in [2.45, 2.75) is 33.8 Å². The van der Waals surface area contributed by atoms with Gasteiger partial charge in [-0.25, -0.2) is 4.79 Å². The molecule has 0 N–H and O–H groups in total. The lowest BCUT2D eigenvalue weighted by molar-refractivity contribution is 0.0535. The summed E-state index contributed by atoms with van der Waals surface area (Å²) in [6.45, 7) is 6.86. The van der Waals surface area contributed by atoms with Crippen molar-refractivity contribution in [1.82, 2.24) is 0 Å². The molecule has 0 fully saturated rings. The first-order valence-corrected chi connectivity index (χ1v) is 5.37. The second-order valence-corrected chi connectivity index (χ2v) is 4.61. The maximum absolute atomic E-state index is 11.4. The van der Waals surface area contributed by atoms with Crippen molar-refractivity contribution in [3.8, 4) is 0 Å². The van der Waals surface area contributed by atoms with E-state index in [0.717, 1.165) is 17.5 Å². The molecule has 0 radical (unpaired) electrons. The van der Waals surface area contributed by atoms with E-state index in [-0.39, 0.29) is 5.97 Å². The van der Waals surface area contributed by atoms with Crippen LogP contribution in [0, 0.1) is 12.8 Å². The molecule has 0 saturated heterocycles. The highest BCUT2D eigenvalue weighted by atomic mass is 16.5. The fourth-order valence-electron chi connectivity index (χ4n) is 2.07. The summed E-state index contributed by atoms with van der Waals surface area (Å²) in [4.78, 5) is 11.4. The molecule has 1 aliphatic rings. The van der Waals surface area contributed by atoms with Gasteiger partial charge < -0.3 is 4.74 Å². The average molecular weight is 204 g/mol. The number of hydrogen-bond acceptors (Lipinski definition) is 2. The molecule has 0 saturated carbocycles. The van der Waals surface area contributed by atoms with Crippen LogP contribution >= 0.6 is 0 Å². The summed E-state index contributed by atoms with van der Waals surface area (Å²) in [6, 6.07) is 4.15. The van der Waals surface area contributed by atoms with E-state index < -0.39 is 0 Å². The zero-order valence-corrected chi connectivity index (χ0v) is 9.46. The van der Waals surface area contributed by atoms with E-state index in [2.05, 4.69) is 19.9 Å². The Morgan fingerprint density at radius 1 is 1.40 bits per heavy atom. The second-order valence-electron chi connectivity index (χ2n) is 4.61. The Morgan fingerprint density at radius 3 is 2.80 bits per heavy atom. The largest absolute Gasteiger partial charge is 0.457 e. The lowest BCUT2D eigenvalue weighted by atomic mass is 9.95. The average Bonchev–Trinajstić information content (AvgIpc) is 2.47. The number of cyclic esters (lactones) is 1. The first-order chi connectivity index (χ1) is 7.08. The van der Waals surface area contributed by atoms with Gasteiger partial charge in [-0.15, -0.1) is 0 Å². The molecular formula is C13H16O2. The van der Waals surface area contributed by atoms with E-state index in [1.165, 1.54) is 11.1 Å². The van der Waals surface area contributed by atoms with Gasteiger partial charge in [0.1, 0.15) is 6.61 Å². The SMILES string of the molecule is Cc1cc(CC(C)C)cc2c1COC2=O. The summed E-state index contributed by atoms with van der Waals surface area (Å²) >= 11 is 0. The number of rotatable bonds is 2. The number of benzene rings is 1. The minimum Gasteiger partial charge on any atom is -0.457 e. The van der Waals surface area contributed by atoms with E-state index in [1.807, 2.05) is 13.0 Å². The molecule has 2 heteroatoms. The molecule has 0 bridgehead atoms. The fraction of sp³-hybridized carbons (Fsp3) is 0.462. The van der Waals surface area contributed by atoms with Gasteiger partial charge in [0.2, 0.25) is 0 Å². The third-order valence-corrected chi connectivity index (χ3v) is 2.74. The Morgan fingerprint density at radius 2 is 2.13 bits per heavy atom. The van der Waals surface area contributed by atoms with E-state index in [9.17, 15) is 4.79 Å². The van der Waals surface area contributed by atoms with Crippen molar-refractivity contribution in [2.24, 2.45) is 5.92 Å². The van der Waals surface area contributed by atoms with Gasteiger partial charge in [0.05, 0.1) is 5.56 Å². The number of carbonyl (C=O) groups excluding carboxylic acids is 1. The quantitative estimate of drug-likeness (QED) is 0.692. The molecule has 0 atom stereocenters. The predicted molar refractivity (Wildman–Crippen MR) is 58.8 cm³/mol. The van der Waals surface area contributed by atoms with E-state index in [1.54, 1.807) is 0 Å². The van der Waals surface area contributed by atoms with Crippen molar-refractivity contribution in [2.75, 3.05) is 0 Å². The van der Waals surface area contributed by atoms with Crippen LogP contribution in [0.3, 0.4) is 0 Å². The Bertz CT molecular complexity index is 405. The third-order valence-electron chi connectivity index (χ3n) is 2.74. The zero-order chi connectivity index (χ0) is 11.0. The molecular weight excluding hydrogens is 188 g/mol. The van der Waals surface area contributed by atoms with Crippen LogP contribution in [-0.2, 0) is 17.8 Å². The van der Waals surface area contributed by atoms with Crippen LogP contribution in [0.25, 0.3) is 0 Å². The van der Waals surface area contributed by atoms with Crippen LogP contribution in [0.1, 0.15) is 40.9 Å². The van der Waals surface area contributed by atoms with Crippen molar-refractivity contribution in [3.05, 3.63) is 34.4 Å². The molecule has 0 aliphatic carbocycles. The summed E-state index contributed by atoms with van der Waals surface area (Å²) in [7, 11) is 0. The number of aryl methyl sites for hydroxylation is 1. The highest BCUT2D eigenvalue weighted by Crippen LogP contribution is 2.25. The van der Waals surface area contributed by atoms with E-state index in [0.29, 0.717) is 12.5 Å². The third kappa shape index (κ3) is 1.89. The molecule has 2 nitrogen and oxygen atoms in total. The Labute approximate surface area is 90.3 Å². The van der Waals surface area contributed by atoms with Crippen LogP contribution in [0.5, 0.6) is 0 Å². The normalized spacial score (nSPS) is 14.3. The van der Waals surface area contributed by atoms with Gasteiger partial charge in [-0.1, -0.05) is 19.9 Å².